The molecule has 0 aromatic heterocycles. The first-order valence-corrected chi connectivity index (χ1v) is 10.0. The van der Waals surface area contributed by atoms with E-state index in [1.165, 1.54) is 76.2 Å². The Balaban J connectivity index is 1.79. The summed E-state index contributed by atoms with van der Waals surface area (Å²) < 4.78 is 0. The molecule has 0 unspecified atom stereocenters. The summed E-state index contributed by atoms with van der Waals surface area (Å²) >= 11 is 0. The fourth-order valence-electron chi connectivity index (χ4n) is 3.22. The number of carbonyl (C=O) groups excluding carboxylic acids is 1. The quantitative estimate of drug-likeness (QED) is 0.295. The molecule has 2 N–H and O–H groups in total. The average molecular weight is 332 g/mol. The summed E-state index contributed by atoms with van der Waals surface area (Å²) in [6.45, 7) is 1.69. The highest BCUT2D eigenvalue weighted by molar-refractivity contribution is 5.75. The van der Waals surface area contributed by atoms with Gasteiger partial charge in [0.25, 0.3) is 0 Å². The molecule has 24 heavy (non-hydrogen) atoms. The Morgan fingerprint density at radius 2 is 1.21 bits per heavy atom. The summed E-state index contributed by atoms with van der Waals surface area (Å²) in [5.74, 6) is 0.335. The topological polar surface area (TPSA) is 43.1 Å². The molecule has 0 aliphatic heterocycles. The van der Waals surface area contributed by atoms with Crippen LogP contribution in [-0.4, -0.2) is 5.78 Å². The highest BCUT2D eigenvalue weighted by Crippen LogP contribution is 2.16. The molecular formula is C22H37NO. The van der Waals surface area contributed by atoms with Gasteiger partial charge in [-0.1, -0.05) is 82.4 Å². The number of Topliss-reactive ketones (excluding diaryl/α,β-unsaturated/α-hetero) is 1. The Labute approximate surface area is 149 Å². The van der Waals surface area contributed by atoms with Gasteiger partial charge in [0.05, 0.1) is 0 Å². The second-order valence-corrected chi connectivity index (χ2v) is 7.14. The van der Waals surface area contributed by atoms with Gasteiger partial charge < -0.3 is 10.5 Å². The van der Waals surface area contributed by atoms with E-state index >= 15 is 0 Å². The molecular weight excluding hydrogens is 294 g/mol. The Bertz CT molecular complexity index is 441. The summed E-state index contributed by atoms with van der Waals surface area (Å²) in [4.78, 5) is 10.8. The van der Waals surface area contributed by atoms with Crippen LogP contribution in [0.3, 0.4) is 0 Å². The first-order chi connectivity index (χ1) is 11.7. The third kappa shape index (κ3) is 11.3. The van der Waals surface area contributed by atoms with Crippen LogP contribution in [0.25, 0.3) is 0 Å². The predicted molar refractivity (Wildman–Crippen MR) is 105 cm³/mol. The Morgan fingerprint density at radius 3 is 1.71 bits per heavy atom. The van der Waals surface area contributed by atoms with Crippen LogP contribution in [0.1, 0.15) is 96.0 Å². The maximum absolute atomic E-state index is 10.8. The number of para-hydroxylation sites is 1. The largest absolute Gasteiger partial charge is 0.399 e. The minimum absolute atomic E-state index is 0.335. The Kier molecular flexibility index (Phi) is 12.2. The molecule has 0 saturated heterocycles. The number of hydrogen-bond acceptors (Lipinski definition) is 2. The summed E-state index contributed by atoms with van der Waals surface area (Å²) in [6, 6.07) is 8.23. The zero-order valence-corrected chi connectivity index (χ0v) is 15.7. The molecule has 2 heteroatoms. The molecule has 1 aromatic carbocycles. The molecule has 0 fully saturated rings. The lowest BCUT2D eigenvalue weighted by Crippen LogP contribution is -1.93. The molecule has 1 aromatic rings. The van der Waals surface area contributed by atoms with E-state index in [0.29, 0.717) is 5.78 Å². The van der Waals surface area contributed by atoms with E-state index in [1.54, 1.807) is 6.92 Å². The van der Waals surface area contributed by atoms with Crippen molar-refractivity contribution >= 4 is 11.5 Å². The SMILES string of the molecule is CC(=O)CCCCCCCCCCCCCCc1ccccc1N. The lowest BCUT2D eigenvalue weighted by molar-refractivity contribution is -0.117. The molecule has 0 aliphatic rings. The molecule has 0 atom stereocenters. The van der Waals surface area contributed by atoms with E-state index in [0.717, 1.165) is 24.9 Å². The van der Waals surface area contributed by atoms with Crippen molar-refractivity contribution in [3.05, 3.63) is 29.8 Å². The van der Waals surface area contributed by atoms with Crippen molar-refractivity contribution in [1.82, 2.24) is 0 Å². The van der Waals surface area contributed by atoms with Gasteiger partial charge in [-0.2, -0.15) is 0 Å². The third-order valence-corrected chi connectivity index (χ3v) is 4.78. The van der Waals surface area contributed by atoms with Gasteiger partial charge in [-0.25, -0.2) is 0 Å². The summed E-state index contributed by atoms with van der Waals surface area (Å²) in [6.07, 6.45) is 17.7. The van der Waals surface area contributed by atoms with Crippen LogP contribution in [0.5, 0.6) is 0 Å². The van der Waals surface area contributed by atoms with Crippen LogP contribution < -0.4 is 5.73 Å². The number of anilines is 1. The zero-order valence-electron chi connectivity index (χ0n) is 15.7. The molecule has 0 spiro atoms. The number of unbranched alkanes of at least 4 members (excludes halogenated alkanes) is 11. The van der Waals surface area contributed by atoms with Crippen molar-refractivity contribution in [1.29, 1.82) is 0 Å². The lowest BCUT2D eigenvalue weighted by atomic mass is 10.0. The number of rotatable bonds is 15. The zero-order chi connectivity index (χ0) is 17.5. The molecule has 0 amide bonds. The van der Waals surface area contributed by atoms with Crippen LogP contribution >= 0.6 is 0 Å². The number of aryl methyl sites for hydroxylation is 1. The Morgan fingerprint density at radius 1 is 0.750 bits per heavy atom. The van der Waals surface area contributed by atoms with Gasteiger partial charge >= 0.3 is 0 Å². The minimum atomic E-state index is 0.335. The van der Waals surface area contributed by atoms with Crippen molar-refractivity contribution in [3.8, 4) is 0 Å². The van der Waals surface area contributed by atoms with Crippen molar-refractivity contribution in [2.75, 3.05) is 5.73 Å². The maximum atomic E-state index is 10.8. The van der Waals surface area contributed by atoms with Gasteiger partial charge in [0.2, 0.25) is 0 Å². The molecule has 0 aliphatic carbocycles. The predicted octanol–water partition coefficient (Wildman–Crippen LogP) is 6.47. The van der Waals surface area contributed by atoms with Gasteiger partial charge in [-0.3, -0.25) is 0 Å². The fraction of sp³-hybridized carbons (Fsp3) is 0.682. The van der Waals surface area contributed by atoms with Gasteiger partial charge in [-0.15, -0.1) is 0 Å². The number of nitrogens with two attached hydrogens (primary N) is 1. The second-order valence-electron chi connectivity index (χ2n) is 7.14. The lowest BCUT2D eigenvalue weighted by Gasteiger charge is -2.05. The molecule has 136 valence electrons. The first kappa shape index (κ1) is 20.7. The molecule has 0 radical (unpaired) electrons. The number of nitrogen functional groups attached to an aromatic ring is 1. The van der Waals surface area contributed by atoms with Crippen molar-refractivity contribution < 1.29 is 4.79 Å². The van der Waals surface area contributed by atoms with Crippen LogP contribution in [0.15, 0.2) is 24.3 Å². The van der Waals surface area contributed by atoms with E-state index in [1.807, 2.05) is 12.1 Å². The van der Waals surface area contributed by atoms with Gasteiger partial charge in [-0.05, 0) is 37.8 Å². The maximum Gasteiger partial charge on any atom is 0.129 e. The fourth-order valence-corrected chi connectivity index (χ4v) is 3.22. The normalized spacial score (nSPS) is 10.9. The van der Waals surface area contributed by atoms with Gasteiger partial charge in [0.1, 0.15) is 5.78 Å². The second kappa shape index (κ2) is 14.1. The monoisotopic (exact) mass is 331 g/mol. The van der Waals surface area contributed by atoms with E-state index in [-0.39, 0.29) is 0 Å². The third-order valence-electron chi connectivity index (χ3n) is 4.78. The Hall–Kier alpha value is -1.31. The highest BCUT2D eigenvalue weighted by Gasteiger charge is 1.98. The smallest absolute Gasteiger partial charge is 0.129 e. The summed E-state index contributed by atoms with van der Waals surface area (Å²) in [7, 11) is 0. The molecule has 0 heterocycles. The number of benzene rings is 1. The van der Waals surface area contributed by atoms with Crippen molar-refractivity contribution in [2.45, 2.75) is 96.8 Å². The van der Waals surface area contributed by atoms with Crippen molar-refractivity contribution in [3.63, 3.8) is 0 Å². The average Bonchev–Trinajstić information content (AvgIpc) is 2.56. The highest BCUT2D eigenvalue weighted by atomic mass is 16.1. The van der Waals surface area contributed by atoms with Crippen molar-refractivity contribution in [2.24, 2.45) is 0 Å². The van der Waals surface area contributed by atoms with Crippen LogP contribution in [0.4, 0.5) is 5.69 Å². The summed E-state index contributed by atoms with van der Waals surface area (Å²) in [5, 5.41) is 0. The van der Waals surface area contributed by atoms with Gasteiger partial charge in [0.15, 0.2) is 0 Å². The minimum Gasteiger partial charge on any atom is -0.399 e. The molecule has 0 saturated carbocycles. The summed E-state index contributed by atoms with van der Waals surface area (Å²) in [5.41, 5.74) is 8.22. The first-order valence-electron chi connectivity index (χ1n) is 10.0. The van der Waals surface area contributed by atoms with E-state index in [4.69, 9.17) is 5.73 Å². The van der Waals surface area contributed by atoms with Crippen LogP contribution in [0, 0.1) is 0 Å². The number of carbonyl (C=O) groups is 1. The van der Waals surface area contributed by atoms with E-state index < -0.39 is 0 Å². The van der Waals surface area contributed by atoms with Crippen LogP contribution in [0.2, 0.25) is 0 Å². The van der Waals surface area contributed by atoms with E-state index in [9.17, 15) is 4.79 Å². The molecule has 1 rings (SSSR count). The van der Waals surface area contributed by atoms with Crippen LogP contribution in [-0.2, 0) is 11.2 Å². The standard InChI is InChI=1S/C22H37NO/c1-20(24)16-12-10-8-6-4-2-3-5-7-9-11-13-17-21-18-14-15-19-22(21)23/h14-15,18-19H,2-13,16-17,23H2,1H3. The van der Waals surface area contributed by atoms with E-state index in [2.05, 4.69) is 12.1 Å². The number of hydrogen-bond donors (Lipinski definition) is 1. The number of ketones is 1. The molecule has 2 nitrogen and oxygen atoms in total. The molecule has 0 bridgehead atoms. The van der Waals surface area contributed by atoms with Gasteiger partial charge in [0, 0.05) is 12.1 Å².